The van der Waals surface area contributed by atoms with E-state index in [9.17, 15) is 29.1 Å². The van der Waals surface area contributed by atoms with Crippen molar-refractivity contribution in [2.24, 2.45) is 23.5 Å². The molecule has 7 atom stereocenters. The summed E-state index contributed by atoms with van der Waals surface area (Å²) in [5.74, 6) is -3.70. The monoisotopic (exact) mass is 668 g/mol. The first-order valence-electron chi connectivity index (χ1n) is 17.7. The fourth-order valence-corrected chi connectivity index (χ4v) is 5.73. The van der Waals surface area contributed by atoms with Gasteiger partial charge < -0.3 is 41.7 Å². The number of aliphatic hydroxyl groups excluding tert-OH is 1. The molecule has 47 heavy (non-hydrogen) atoms. The molecule has 1 aliphatic heterocycles. The smallest absolute Gasteiger partial charge is 0.246 e. The van der Waals surface area contributed by atoms with Crippen molar-refractivity contribution in [2.45, 2.75) is 142 Å². The molecule has 1 saturated heterocycles. The van der Waals surface area contributed by atoms with Crippen LogP contribution in [0.4, 0.5) is 0 Å². The summed E-state index contributed by atoms with van der Waals surface area (Å²) in [5, 5.41) is 20.3. The maximum atomic E-state index is 13.9. The number of amides is 5. The van der Waals surface area contributed by atoms with E-state index in [0.29, 0.717) is 19.3 Å². The average molecular weight is 669 g/mol. The number of nitrogens with zero attached hydrogens (tertiary/aromatic N) is 1. The molecule has 1 fully saturated rings. The topological polar surface area (TPSA) is 192 Å². The van der Waals surface area contributed by atoms with Gasteiger partial charge in [-0.25, -0.2) is 0 Å². The van der Waals surface area contributed by atoms with Gasteiger partial charge in [-0.05, 0) is 24.7 Å². The molecule has 13 heteroatoms. The molecule has 13 nitrogen and oxygen atoms in total. The van der Waals surface area contributed by atoms with E-state index in [4.69, 9.17) is 10.5 Å². The fraction of sp³-hybridized carbons (Fsp3) is 0.853. The lowest BCUT2D eigenvalue weighted by Gasteiger charge is -2.35. The molecule has 0 aromatic rings. The highest BCUT2D eigenvalue weighted by Gasteiger charge is 2.37. The van der Waals surface area contributed by atoms with Gasteiger partial charge in [0.25, 0.3) is 0 Å². The number of rotatable bonds is 15. The summed E-state index contributed by atoms with van der Waals surface area (Å²) < 4.78 is 6.08. The fourth-order valence-electron chi connectivity index (χ4n) is 5.73. The number of carbonyl (C=O) groups is 5. The minimum absolute atomic E-state index is 0.0643. The van der Waals surface area contributed by atoms with Crippen molar-refractivity contribution in [2.75, 3.05) is 26.9 Å². The first kappa shape index (κ1) is 42.3. The van der Waals surface area contributed by atoms with Crippen LogP contribution in [0.3, 0.4) is 0 Å². The zero-order chi connectivity index (χ0) is 35.5. The van der Waals surface area contributed by atoms with Crippen molar-refractivity contribution in [3.63, 3.8) is 0 Å². The third-order valence-electron chi connectivity index (χ3n) is 9.12. The van der Waals surface area contributed by atoms with Crippen LogP contribution in [0.15, 0.2) is 0 Å². The normalized spacial score (nSPS) is 26.6. The summed E-state index contributed by atoms with van der Waals surface area (Å²) in [6, 6.07) is -4.42. The van der Waals surface area contributed by atoms with E-state index >= 15 is 0 Å². The number of carbonyl (C=O) groups excluding carboxylic acids is 5. The van der Waals surface area contributed by atoms with Crippen LogP contribution >= 0.6 is 0 Å². The highest BCUT2D eigenvalue weighted by Crippen LogP contribution is 2.22. The molecule has 1 heterocycles. The molecule has 1 rings (SSSR count). The zero-order valence-corrected chi connectivity index (χ0v) is 29.9. The Kier molecular flexibility index (Phi) is 20.4. The molecule has 0 unspecified atom stereocenters. The van der Waals surface area contributed by atoms with Gasteiger partial charge in [-0.3, -0.25) is 24.0 Å². The number of nitrogens with one attached hydrogen (secondary N) is 4. The van der Waals surface area contributed by atoms with Gasteiger partial charge in [0.05, 0.1) is 18.6 Å². The lowest BCUT2D eigenvalue weighted by Crippen LogP contribution is -2.62. The standard InChI is InChI=1S/C34H64N6O7/c1-8-10-11-12-13-14-15-16-17-28-24(6)34(46)40(7)27(18-22(3)4)32(44)39-29(23(5)9-2)33(45)37-25(19-35)31(43)38-26(20-41)30(42)36-21-47-28/h22-29,41H,8-21,35H2,1-7H3,(H,36,42)(H,37,45)(H,38,43)(H,39,44)/t23-,24-,25+,26+,27+,28-,29+/m1/s1. The Hall–Kier alpha value is -2.77. The van der Waals surface area contributed by atoms with Crippen LogP contribution in [0.25, 0.3) is 0 Å². The molecule has 0 spiro atoms. The second-order valence-corrected chi connectivity index (χ2v) is 13.4. The largest absolute Gasteiger partial charge is 0.394 e. The molecule has 0 radical (unpaired) electrons. The summed E-state index contributed by atoms with van der Waals surface area (Å²) >= 11 is 0. The zero-order valence-electron chi connectivity index (χ0n) is 29.9. The molecule has 5 amide bonds. The summed E-state index contributed by atoms with van der Waals surface area (Å²) in [7, 11) is 1.60. The third-order valence-corrected chi connectivity index (χ3v) is 9.12. The summed E-state index contributed by atoms with van der Waals surface area (Å²) in [5.41, 5.74) is 5.81. The SMILES string of the molecule is CCCCCCCCCC[C@H]1OCNC(=O)[C@H](CO)NC(=O)[C@H](CN)NC(=O)[C@H]([C@H](C)CC)NC(=O)[C@H](CC(C)C)N(C)C(=O)[C@@H]1C. The summed E-state index contributed by atoms with van der Waals surface area (Å²) in [4.78, 5) is 68.7. The van der Waals surface area contributed by atoms with Gasteiger partial charge in [0, 0.05) is 13.6 Å². The Morgan fingerprint density at radius 2 is 1.45 bits per heavy atom. The minimum atomic E-state index is -1.32. The molecule has 0 aliphatic carbocycles. The highest BCUT2D eigenvalue weighted by molar-refractivity contribution is 5.96. The molecule has 0 bridgehead atoms. The van der Waals surface area contributed by atoms with Gasteiger partial charge in [-0.1, -0.05) is 99.3 Å². The third kappa shape index (κ3) is 14.5. The van der Waals surface area contributed by atoms with Gasteiger partial charge in [0.15, 0.2) is 0 Å². The van der Waals surface area contributed by atoms with Crippen molar-refractivity contribution in [1.82, 2.24) is 26.2 Å². The molecule has 0 aromatic heterocycles. The van der Waals surface area contributed by atoms with Crippen LogP contribution in [0.2, 0.25) is 0 Å². The lowest BCUT2D eigenvalue weighted by molar-refractivity contribution is -0.148. The molecule has 0 saturated carbocycles. The van der Waals surface area contributed by atoms with Gasteiger partial charge >= 0.3 is 0 Å². The van der Waals surface area contributed by atoms with E-state index in [-0.39, 0.29) is 31.0 Å². The second kappa shape index (κ2) is 22.7. The second-order valence-electron chi connectivity index (χ2n) is 13.4. The Balaban J connectivity index is 3.38. The highest BCUT2D eigenvalue weighted by atomic mass is 16.5. The number of unbranched alkanes of at least 4 members (excludes halogenated alkanes) is 7. The van der Waals surface area contributed by atoms with Gasteiger partial charge in [0.2, 0.25) is 29.5 Å². The van der Waals surface area contributed by atoms with E-state index in [1.54, 1.807) is 14.0 Å². The van der Waals surface area contributed by atoms with Crippen molar-refractivity contribution in [3.8, 4) is 0 Å². The van der Waals surface area contributed by atoms with Crippen LogP contribution in [-0.2, 0) is 28.7 Å². The molecule has 0 aromatic carbocycles. The maximum absolute atomic E-state index is 13.9. The van der Waals surface area contributed by atoms with E-state index in [0.717, 1.165) is 25.7 Å². The van der Waals surface area contributed by atoms with Crippen LogP contribution < -0.4 is 27.0 Å². The lowest BCUT2D eigenvalue weighted by atomic mass is 9.94. The first-order chi connectivity index (χ1) is 22.3. The van der Waals surface area contributed by atoms with Gasteiger partial charge in [0.1, 0.15) is 30.9 Å². The van der Waals surface area contributed by atoms with E-state index in [2.05, 4.69) is 28.2 Å². The Morgan fingerprint density at radius 1 is 0.851 bits per heavy atom. The van der Waals surface area contributed by atoms with Crippen molar-refractivity contribution < 1.29 is 33.8 Å². The number of aliphatic hydroxyl groups is 1. The quantitative estimate of drug-likeness (QED) is 0.143. The van der Waals surface area contributed by atoms with Crippen molar-refractivity contribution in [1.29, 1.82) is 0 Å². The van der Waals surface area contributed by atoms with E-state index in [1.165, 1.54) is 30.6 Å². The summed E-state index contributed by atoms with van der Waals surface area (Å²) in [6.07, 6.45) is 9.83. The Labute approximate surface area is 282 Å². The van der Waals surface area contributed by atoms with Gasteiger partial charge in [-0.15, -0.1) is 0 Å². The molecular weight excluding hydrogens is 604 g/mol. The molecule has 272 valence electrons. The Morgan fingerprint density at radius 3 is 2.00 bits per heavy atom. The Bertz CT molecular complexity index is 981. The number of likely N-dealkylation sites (N-methyl/N-ethyl adjacent to an activating group) is 1. The van der Waals surface area contributed by atoms with Crippen LogP contribution in [-0.4, -0.2) is 96.7 Å². The van der Waals surface area contributed by atoms with Crippen LogP contribution in [0.5, 0.6) is 0 Å². The van der Waals surface area contributed by atoms with Crippen LogP contribution in [0, 0.1) is 17.8 Å². The molecular formula is C34H64N6O7. The van der Waals surface area contributed by atoms with Gasteiger partial charge in [-0.2, -0.15) is 0 Å². The summed E-state index contributed by atoms with van der Waals surface area (Å²) in [6.45, 7) is 10.3. The number of ether oxygens (including phenoxy) is 1. The first-order valence-corrected chi connectivity index (χ1v) is 17.7. The van der Waals surface area contributed by atoms with E-state index < -0.39 is 66.4 Å². The van der Waals surface area contributed by atoms with Crippen molar-refractivity contribution in [3.05, 3.63) is 0 Å². The maximum Gasteiger partial charge on any atom is 0.246 e. The van der Waals surface area contributed by atoms with Crippen LogP contribution in [0.1, 0.15) is 112 Å². The minimum Gasteiger partial charge on any atom is -0.394 e. The predicted molar refractivity (Wildman–Crippen MR) is 182 cm³/mol. The average Bonchev–Trinajstić information content (AvgIpc) is 3.05. The molecule has 1 aliphatic rings. The number of hydrogen-bond donors (Lipinski definition) is 6. The number of nitrogens with two attached hydrogens (primary N) is 1. The molecule has 7 N–H and O–H groups in total. The van der Waals surface area contributed by atoms with E-state index in [1.807, 2.05) is 27.7 Å². The predicted octanol–water partition coefficient (Wildman–Crippen LogP) is 1.95. The number of hydrogen-bond acceptors (Lipinski definition) is 8. The van der Waals surface area contributed by atoms with Crippen molar-refractivity contribution >= 4 is 29.5 Å².